The Bertz CT molecular complexity index is 555. The standard InChI is InChI=1S/C15H19N3/c1-11(2)9-18-10-15(8-17-18)12-3-4-13-6-16-7-14(13)5-12/h3-5,8,10-11,16H,6-7,9H2,1-2H3. The van der Waals surface area contributed by atoms with Gasteiger partial charge in [-0.25, -0.2) is 0 Å². The molecule has 0 unspecified atom stereocenters. The molecule has 0 saturated heterocycles. The summed E-state index contributed by atoms with van der Waals surface area (Å²) in [5, 5.41) is 7.80. The van der Waals surface area contributed by atoms with Gasteiger partial charge in [0.2, 0.25) is 0 Å². The summed E-state index contributed by atoms with van der Waals surface area (Å²) < 4.78 is 2.03. The number of hydrogen-bond acceptors (Lipinski definition) is 2. The van der Waals surface area contributed by atoms with E-state index in [2.05, 4.69) is 48.7 Å². The lowest BCUT2D eigenvalue weighted by molar-refractivity contribution is 0.483. The summed E-state index contributed by atoms with van der Waals surface area (Å²) in [6.45, 7) is 7.39. The molecule has 18 heavy (non-hydrogen) atoms. The van der Waals surface area contributed by atoms with Crippen molar-refractivity contribution in [3.8, 4) is 11.1 Å². The SMILES string of the molecule is CC(C)Cn1cc(-c2ccc3c(c2)CNC3)cn1. The van der Waals surface area contributed by atoms with Crippen LogP contribution in [0.3, 0.4) is 0 Å². The number of rotatable bonds is 3. The van der Waals surface area contributed by atoms with Gasteiger partial charge in [-0.15, -0.1) is 0 Å². The van der Waals surface area contributed by atoms with Crippen LogP contribution in [0.1, 0.15) is 25.0 Å². The topological polar surface area (TPSA) is 29.9 Å². The fourth-order valence-corrected chi connectivity index (χ4v) is 2.46. The van der Waals surface area contributed by atoms with Crippen molar-refractivity contribution in [2.24, 2.45) is 5.92 Å². The van der Waals surface area contributed by atoms with E-state index >= 15 is 0 Å². The Morgan fingerprint density at radius 2 is 2.06 bits per heavy atom. The molecule has 1 aromatic heterocycles. The zero-order chi connectivity index (χ0) is 12.5. The number of fused-ring (bicyclic) bond motifs is 1. The van der Waals surface area contributed by atoms with Crippen LogP contribution in [0.15, 0.2) is 30.6 Å². The molecule has 1 N–H and O–H groups in total. The Balaban J connectivity index is 1.88. The number of hydrogen-bond donors (Lipinski definition) is 1. The van der Waals surface area contributed by atoms with Crippen molar-refractivity contribution in [1.82, 2.24) is 15.1 Å². The van der Waals surface area contributed by atoms with E-state index in [1.165, 1.54) is 22.3 Å². The zero-order valence-corrected chi connectivity index (χ0v) is 11.0. The first-order chi connectivity index (χ1) is 8.72. The molecule has 3 heteroatoms. The van der Waals surface area contributed by atoms with Crippen molar-refractivity contribution in [3.05, 3.63) is 41.7 Å². The third kappa shape index (κ3) is 2.18. The molecule has 0 radical (unpaired) electrons. The van der Waals surface area contributed by atoms with E-state index in [0.29, 0.717) is 5.92 Å². The molecule has 1 aromatic carbocycles. The Kier molecular flexibility index (Phi) is 2.92. The molecule has 94 valence electrons. The summed E-state index contributed by atoms with van der Waals surface area (Å²) >= 11 is 0. The van der Waals surface area contributed by atoms with Crippen LogP contribution < -0.4 is 5.32 Å². The van der Waals surface area contributed by atoms with Gasteiger partial charge in [-0.05, 0) is 28.7 Å². The predicted octanol–water partition coefficient (Wildman–Crippen LogP) is 2.81. The zero-order valence-electron chi connectivity index (χ0n) is 11.0. The molecule has 0 fully saturated rings. The molecule has 2 heterocycles. The lowest BCUT2D eigenvalue weighted by Gasteiger charge is -2.04. The molecule has 1 aliphatic rings. The minimum absolute atomic E-state index is 0.627. The molecule has 0 bridgehead atoms. The minimum atomic E-state index is 0.627. The summed E-state index contributed by atoms with van der Waals surface area (Å²) in [5.41, 5.74) is 5.33. The maximum atomic E-state index is 4.43. The molecular weight excluding hydrogens is 222 g/mol. The summed E-state index contributed by atoms with van der Waals surface area (Å²) in [4.78, 5) is 0. The smallest absolute Gasteiger partial charge is 0.0568 e. The maximum Gasteiger partial charge on any atom is 0.0568 e. The van der Waals surface area contributed by atoms with Crippen LogP contribution in [0.25, 0.3) is 11.1 Å². The molecule has 3 rings (SSSR count). The Morgan fingerprint density at radius 3 is 2.89 bits per heavy atom. The summed E-state index contributed by atoms with van der Waals surface area (Å²) in [5.74, 6) is 0.627. The highest BCUT2D eigenvalue weighted by Gasteiger charge is 2.11. The monoisotopic (exact) mass is 241 g/mol. The van der Waals surface area contributed by atoms with Gasteiger partial charge in [0.05, 0.1) is 6.20 Å². The van der Waals surface area contributed by atoms with Crippen LogP contribution in [0.2, 0.25) is 0 Å². The van der Waals surface area contributed by atoms with E-state index < -0.39 is 0 Å². The number of aromatic nitrogens is 2. The third-order valence-corrected chi connectivity index (χ3v) is 3.36. The van der Waals surface area contributed by atoms with Gasteiger partial charge in [-0.2, -0.15) is 5.10 Å². The maximum absolute atomic E-state index is 4.43. The predicted molar refractivity (Wildman–Crippen MR) is 73.0 cm³/mol. The molecule has 3 nitrogen and oxygen atoms in total. The van der Waals surface area contributed by atoms with Gasteiger partial charge in [0.1, 0.15) is 0 Å². The third-order valence-electron chi connectivity index (χ3n) is 3.36. The second-order valence-corrected chi connectivity index (χ2v) is 5.43. The van der Waals surface area contributed by atoms with Crippen molar-refractivity contribution in [3.63, 3.8) is 0 Å². The van der Waals surface area contributed by atoms with E-state index in [0.717, 1.165) is 19.6 Å². The summed E-state index contributed by atoms with van der Waals surface area (Å²) in [6, 6.07) is 6.71. The lowest BCUT2D eigenvalue weighted by Crippen LogP contribution is -2.03. The highest BCUT2D eigenvalue weighted by molar-refractivity contribution is 5.63. The Hall–Kier alpha value is -1.61. The van der Waals surface area contributed by atoms with Gasteiger partial charge in [0, 0.05) is 31.4 Å². The van der Waals surface area contributed by atoms with Crippen molar-refractivity contribution in [1.29, 1.82) is 0 Å². The highest BCUT2D eigenvalue weighted by Crippen LogP contribution is 2.24. The van der Waals surface area contributed by atoms with E-state index in [4.69, 9.17) is 0 Å². The first-order valence-corrected chi connectivity index (χ1v) is 6.58. The fraction of sp³-hybridized carbons (Fsp3) is 0.400. The fourth-order valence-electron chi connectivity index (χ4n) is 2.46. The Morgan fingerprint density at radius 1 is 1.22 bits per heavy atom. The van der Waals surface area contributed by atoms with Crippen molar-refractivity contribution in [2.75, 3.05) is 0 Å². The average molecular weight is 241 g/mol. The van der Waals surface area contributed by atoms with Gasteiger partial charge in [-0.3, -0.25) is 4.68 Å². The molecular formula is C15H19N3. The molecule has 0 atom stereocenters. The molecule has 0 saturated carbocycles. The first-order valence-electron chi connectivity index (χ1n) is 6.58. The van der Waals surface area contributed by atoms with Crippen molar-refractivity contribution in [2.45, 2.75) is 33.5 Å². The second-order valence-electron chi connectivity index (χ2n) is 5.43. The quantitative estimate of drug-likeness (QED) is 0.895. The van der Waals surface area contributed by atoms with Gasteiger partial charge in [0.15, 0.2) is 0 Å². The van der Waals surface area contributed by atoms with Crippen LogP contribution in [0.5, 0.6) is 0 Å². The van der Waals surface area contributed by atoms with Gasteiger partial charge in [0.25, 0.3) is 0 Å². The molecule has 0 spiro atoms. The van der Waals surface area contributed by atoms with Crippen LogP contribution in [0.4, 0.5) is 0 Å². The first kappa shape index (κ1) is 11.5. The largest absolute Gasteiger partial charge is 0.309 e. The minimum Gasteiger partial charge on any atom is -0.309 e. The summed E-state index contributed by atoms with van der Waals surface area (Å²) in [6.07, 6.45) is 4.11. The normalized spacial score (nSPS) is 14.2. The number of benzene rings is 1. The van der Waals surface area contributed by atoms with Crippen molar-refractivity contribution < 1.29 is 0 Å². The van der Waals surface area contributed by atoms with Gasteiger partial charge in [-0.1, -0.05) is 26.0 Å². The second kappa shape index (κ2) is 4.58. The van der Waals surface area contributed by atoms with Crippen LogP contribution in [-0.4, -0.2) is 9.78 Å². The van der Waals surface area contributed by atoms with Gasteiger partial charge >= 0.3 is 0 Å². The summed E-state index contributed by atoms with van der Waals surface area (Å²) in [7, 11) is 0. The van der Waals surface area contributed by atoms with E-state index in [1.807, 2.05) is 10.9 Å². The molecule has 0 amide bonds. The van der Waals surface area contributed by atoms with Crippen molar-refractivity contribution >= 4 is 0 Å². The van der Waals surface area contributed by atoms with Crippen LogP contribution in [-0.2, 0) is 19.6 Å². The Labute approximate surface area is 108 Å². The van der Waals surface area contributed by atoms with E-state index in [1.54, 1.807) is 0 Å². The molecule has 0 aliphatic carbocycles. The molecule has 1 aliphatic heterocycles. The van der Waals surface area contributed by atoms with Crippen LogP contribution in [0, 0.1) is 5.92 Å². The number of nitrogens with one attached hydrogen (secondary N) is 1. The van der Waals surface area contributed by atoms with Gasteiger partial charge < -0.3 is 5.32 Å². The van der Waals surface area contributed by atoms with E-state index in [9.17, 15) is 0 Å². The lowest BCUT2D eigenvalue weighted by atomic mass is 10.0. The average Bonchev–Trinajstić information content (AvgIpc) is 2.95. The number of nitrogens with zero attached hydrogens (tertiary/aromatic N) is 2. The highest BCUT2D eigenvalue weighted by atomic mass is 15.3. The molecule has 2 aromatic rings. The van der Waals surface area contributed by atoms with Crippen LogP contribution >= 0.6 is 0 Å². The van der Waals surface area contributed by atoms with E-state index in [-0.39, 0.29) is 0 Å².